The second-order valence-electron chi connectivity index (χ2n) is 4.98. The lowest BCUT2D eigenvalue weighted by atomic mass is 10.1. The number of aryl methyl sites for hydroxylation is 2. The van der Waals surface area contributed by atoms with E-state index in [1.165, 1.54) is 0 Å². The molecule has 0 saturated heterocycles. The fourth-order valence-electron chi connectivity index (χ4n) is 2.35. The van der Waals surface area contributed by atoms with Crippen LogP contribution < -0.4 is 5.32 Å². The SMILES string of the molecule is CSCCC(C)Nc1nc2c(cc1C(=O)O)CCC2. The zero-order valence-corrected chi connectivity index (χ0v) is 12.2. The minimum atomic E-state index is -0.901. The summed E-state index contributed by atoms with van der Waals surface area (Å²) in [7, 11) is 0. The number of aromatic nitrogens is 1. The molecule has 1 aliphatic rings. The third-order valence-electron chi connectivity index (χ3n) is 3.42. The van der Waals surface area contributed by atoms with Gasteiger partial charge in [-0.15, -0.1) is 0 Å². The maximum Gasteiger partial charge on any atom is 0.339 e. The monoisotopic (exact) mass is 280 g/mol. The highest BCUT2D eigenvalue weighted by Gasteiger charge is 2.20. The van der Waals surface area contributed by atoms with Crippen molar-refractivity contribution in [1.29, 1.82) is 0 Å². The number of aromatic carboxylic acids is 1. The zero-order valence-electron chi connectivity index (χ0n) is 11.4. The lowest BCUT2D eigenvalue weighted by molar-refractivity contribution is 0.0697. The number of thioether (sulfide) groups is 1. The first-order valence-corrected chi connectivity index (χ1v) is 8.02. The Morgan fingerprint density at radius 3 is 3.05 bits per heavy atom. The van der Waals surface area contributed by atoms with Crippen LogP contribution in [0, 0.1) is 0 Å². The Balaban J connectivity index is 2.20. The van der Waals surface area contributed by atoms with Crippen LogP contribution >= 0.6 is 11.8 Å². The summed E-state index contributed by atoms with van der Waals surface area (Å²) in [5.41, 5.74) is 2.46. The maximum atomic E-state index is 11.3. The Hall–Kier alpha value is -1.23. The van der Waals surface area contributed by atoms with Gasteiger partial charge in [-0.05, 0) is 56.2 Å². The average Bonchev–Trinajstić information content (AvgIpc) is 2.82. The van der Waals surface area contributed by atoms with E-state index in [2.05, 4.69) is 23.5 Å². The van der Waals surface area contributed by atoms with Crippen molar-refractivity contribution < 1.29 is 9.90 Å². The van der Waals surface area contributed by atoms with Crippen molar-refractivity contribution in [3.63, 3.8) is 0 Å². The number of nitrogens with one attached hydrogen (secondary N) is 1. The number of carboxylic acids is 1. The van der Waals surface area contributed by atoms with Crippen molar-refractivity contribution >= 4 is 23.5 Å². The summed E-state index contributed by atoms with van der Waals surface area (Å²) in [5.74, 6) is 0.685. The second-order valence-corrected chi connectivity index (χ2v) is 5.96. The molecule has 0 fully saturated rings. The molecule has 5 heteroatoms. The molecule has 1 heterocycles. The first-order valence-electron chi connectivity index (χ1n) is 6.63. The lowest BCUT2D eigenvalue weighted by Gasteiger charge is -2.16. The van der Waals surface area contributed by atoms with E-state index in [1.54, 1.807) is 17.8 Å². The van der Waals surface area contributed by atoms with E-state index in [4.69, 9.17) is 0 Å². The first-order chi connectivity index (χ1) is 9.11. The van der Waals surface area contributed by atoms with Crippen molar-refractivity contribution in [2.45, 2.75) is 38.6 Å². The molecule has 0 saturated carbocycles. The Labute approximate surface area is 118 Å². The Morgan fingerprint density at radius 1 is 1.58 bits per heavy atom. The molecule has 4 nitrogen and oxygen atoms in total. The number of hydrogen-bond donors (Lipinski definition) is 2. The zero-order chi connectivity index (χ0) is 13.8. The fourth-order valence-corrected chi connectivity index (χ4v) is 2.93. The number of hydrogen-bond acceptors (Lipinski definition) is 4. The normalized spacial score (nSPS) is 15.1. The molecule has 2 rings (SSSR count). The van der Waals surface area contributed by atoms with Crippen molar-refractivity contribution in [3.8, 4) is 0 Å². The van der Waals surface area contributed by atoms with Crippen LogP contribution in [0.4, 0.5) is 5.82 Å². The number of rotatable bonds is 6. The third-order valence-corrected chi connectivity index (χ3v) is 4.06. The third kappa shape index (κ3) is 3.41. The van der Waals surface area contributed by atoms with Gasteiger partial charge in [0.2, 0.25) is 0 Å². The van der Waals surface area contributed by atoms with E-state index >= 15 is 0 Å². The van der Waals surface area contributed by atoms with Crippen molar-refractivity contribution in [2.24, 2.45) is 0 Å². The summed E-state index contributed by atoms with van der Waals surface area (Å²) >= 11 is 1.79. The Morgan fingerprint density at radius 2 is 2.37 bits per heavy atom. The molecule has 2 N–H and O–H groups in total. The molecule has 1 aromatic heterocycles. The Kier molecular flexibility index (Phi) is 4.69. The molecule has 0 spiro atoms. The predicted octanol–water partition coefficient (Wildman–Crippen LogP) is 2.82. The van der Waals surface area contributed by atoms with Gasteiger partial charge in [-0.1, -0.05) is 0 Å². The summed E-state index contributed by atoms with van der Waals surface area (Å²) in [6, 6.07) is 2.03. The molecule has 0 amide bonds. The standard InChI is InChI=1S/C14H20N2O2S/c1-9(6-7-19-2)15-13-11(14(17)18)8-10-4-3-5-12(10)16-13/h8-9H,3-7H2,1-2H3,(H,15,16)(H,17,18). The van der Waals surface area contributed by atoms with Gasteiger partial charge in [0.25, 0.3) is 0 Å². The highest BCUT2D eigenvalue weighted by atomic mass is 32.2. The number of nitrogens with zero attached hydrogens (tertiary/aromatic N) is 1. The van der Waals surface area contributed by atoms with Gasteiger partial charge in [0.05, 0.1) is 0 Å². The van der Waals surface area contributed by atoms with Gasteiger partial charge in [-0.3, -0.25) is 0 Å². The highest BCUT2D eigenvalue weighted by Crippen LogP contribution is 2.26. The average molecular weight is 280 g/mol. The van der Waals surface area contributed by atoms with Crippen LogP contribution in [0.1, 0.15) is 41.4 Å². The summed E-state index contributed by atoms with van der Waals surface area (Å²) < 4.78 is 0. The predicted molar refractivity (Wildman–Crippen MR) is 79.3 cm³/mol. The van der Waals surface area contributed by atoms with Crippen LogP contribution in [0.5, 0.6) is 0 Å². The summed E-state index contributed by atoms with van der Waals surface area (Å²) in [5, 5.41) is 12.6. The van der Waals surface area contributed by atoms with Gasteiger partial charge in [0.1, 0.15) is 11.4 Å². The molecule has 19 heavy (non-hydrogen) atoms. The van der Waals surface area contributed by atoms with Crippen molar-refractivity contribution in [3.05, 3.63) is 22.9 Å². The van der Waals surface area contributed by atoms with Gasteiger partial charge in [-0.25, -0.2) is 9.78 Å². The minimum absolute atomic E-state index is 0.234. The lowest BCUT2D eigenvalue weighted by Crippen LogP contribution is -2.20. The molecule has 0 bridgehead atoms. The molecular weight excluding hydrogens is 260 g/mol. The Bertz CT molecular complexity index is 477. The number of carbonyl (C=O) groups is 1. The number of anilines is 1. The van der Waals surface area contributed by atoms with Crippen LogP contribution in [0.3, 0.4) is 0 Å². The van der Waals surface area contributed by atoms with Gasteiger partial charge in [0, 0.05) is 11.7 Å². The van der Waals surface area contributed by atoms with Gasteiger partial charge in [0.15, 0.2) is 0 Å². The highest BCUT2D eigenvalue weighted by molar-refractivity contribution is 7.98. The van der Waals surface area contributed by atoms with E-state index in [-0.39, 0.29) is 6.04 Å². The molecule has 1 aromatic rings. The summed E-state index contributed by atoms with van der Waals surface area (Å²) in [4.78, 5) is 15.9. The molecule has 0 aliphatic heterocycles. The van der Waals surface area contributed by atoms with Crippen LogP contribution in [0.2, 0.25) is 0 Å². The van der Waals surface area contributed by atoms with E-state index in [9.17, 15) is 9.90 Å². The molecule has 1 atom stereocenters. The largest absolute Gasteiger partial charge is 0.478 e. The van der Waals surface area contributed by atoms with Crippen molar-refractivity contribution in [2.75, 3.05) is 17.3 Å². The molecule has 0 aromatic carbocycles. The quantitative estimate of drug-likeness (QED) is 0.839. The van der Waals surface area contributed by atoms with Gasteiger partial charge in [-0.2, -0.15) is 11.8 Å². The molecule has 0 radical (unpaired) electrons. The fraction of sp³-hybridized carbons (Fsp3) is 0.571. The second kappa shape index (κ2) is 6.28. The van der Waals surface area contributed by atoms with Gasteiger partial charge < -0.3 is 10.4 Å². The van der Waals surface area contributed by atoms with Crippen LogP contribution in [-0.4, -0.2) is 34.1 Å². The van der Waals surface area contributed by atoms with Crippen LogP contribution in [0.25, 0.3) is 0 Å². The van der Waals surface area contributed by atoms with E-state index in [0.717, 1.165) is 42.7 Å². The minimum Gasteiger partial charge on any atom is -0.478 e. The van der Waals surface area contributed by atoms with Gasteiger partial charge >= 0.3 is 5.97 Å². The molecule has 104 valence electrons. The summed E-state index contributed by atoms with van der Waals surface area (Å²) in [6.07, 6.45) is 6.06. The van der Waals surface area contributed by atoms with E-state index < -0.39 is 5.97 Å². The topological polar surface area (TPSA) is 62.2 Å². The van der Waals surface area contributed by atoms with Crippen LogP contribution in [0.15, 0.2) is 6.07 Å². The number of pyridine rings is 1. The summed E-state index contributed by atoms with van der Waals surface area (Å²) in [6.45, 7) is 2.07. The number of carboxylic acid groups (broad SMARTS) is 1. The number of fused-ring (bicyclic) bond motifs is 1. The maximum absolute atomic E-state index is 11.3. The molecule has 1 unspecified atom stereocenters. The smallest absolute Gasteiger partial charge is 0.339 e. The molecular formula is C14H20N2O2S. The van der Waals surface area contributed by atoms with E-state index in [1.807, 2.05) is 0 Å². The van der Waals surface area contributed by atoms with E-state index in [0.29, 0.717) is 11.4 Å². The van der Waals surface area contributed by atoms with Crippen LogP contribution in [-0.2, 0) is 12.8 Å². The molecule has 1 aliphatic carbocycles. The first kappa shape index (κ1) is 14.2. The van der Waals surface area contributed by atoms with Crippen molar-refractivity contribution in [1.82, 2.24) is 4.98 Å².